The van der Waals surface area contributed by atoms with Crippen LogP contribution >= 0.6 is 0 Å². The molecule has 3 N–H and O–H groups in total. The Kier molecular flexibility index (Phi) is 3.67. The first-order chi connectivity index (χ1) is 6.45. The zero-order valence-corrected chi connectivity index (χ0v) is 9.47. The fourth-order valence-electron chi connectivity index (χ4n) is 1.63. The van der Waals surface area contributed by atoms with Crippen LogP contribution in [0.4, 0.5) is 0 Å². The Labute approximate surface area is 86.4 Å². The summed E-state index contributed by atoms with van der Waals surface area (Å²) in [5.41, 5.74) is 5.18. The van der Waals surface area contributed by atoms with Crippen LogP contribution in [0.1, 0.15) is 40.0 Å². The minimum absolute atomic E-state index is 0.0347. The van der Waals surface area contributed by atoms with Crippen LogP contribution in [0.5, 0.6) is 0 Å². The first kappa shape index (κ1) is 11.7. The van der Waals surface area contributed by atoms with Crippen molar-refractivity contribution in [2.24, 2.45) is 17.1 Å². The number of Topliss-reactive ketones (excluding diaryl/α,β-unsaturated/α-hetero) is 1. The molecule has 0 saturated heterocycles. The Balaban J connectivity index is 2.51. The minimum atomic E-state index is -0.262. The Morgan fingerprint density at radius 2 is 2.07 bits per heavy atom. The number of hydrogen-bond donors (Lipinski definition) is 2. The molecule has 1 saturated carbocycles. The molecule has 1 fully saturated rings. The van der Waals surface area contributed by atoms with Gasteiger partial charge in [0.25, 0.3) is 0 Å². The van der Waals surface area contributed by atoms with Crippen LogP contribution < -0.4 is 11.1 Å². The Hall–Kier alpha value is -0.410. The maximum Gasteiger partial charge on any atom is 0.155 e. The number of rotatable bonds is 5. The van der Waals surface area contributed by atoms with E-state index in [-0.39, 0.29) is 17.2 Å². The second kappa shape index (κ2) is 4.41. The zero-order chi connectivity index (χ0) is 10.8. The molecule has 1 atom stereocenters. The zero-order valence-electron chi connectivity index (χ0n) is 9.47. The van der Waals surface area contributed by atoms with Crippen molar-refractivity contribution < 1.29 is 4.79 Å². The molecule has 1 aliphatic carbocycles. The highest BCUT2D eigenvalue weighted by atomic mass is 16.1. The predicted octanol–water partition coefficient (Wildman–Crippen LogP) is 1.28. The molecule has 3 nitrogen and oxygen atoms in total. The van der Waals surface area contributed by atoms with Crippen LogP contribution in [0, 0.1) is 11.3 Å². The lowest BCUT2D eigenvalue weighted by atomic mass is 9.84. The molecule has 0 amide bonds. The molecule has 0 aromatic rings. The smallest absolute Gasteiger partial charge is 0.155 e. The van der Waals surface area contributed by atoms with Gasteiger partial charge in [-0.2, -0.15) is 0 Å². The summed E-state index contributed by atoms with van der Waals surface area (Å²) >= 11 is 0. The summed E-state index contributed by atoms with van der Waals surface area (Å²) in [5.74, 6) is 1.04. The van der Waals surface area contributed by atoms with E-state index < -0.39 is 0 Å². The lowest BCUT2D eigenvalue weighted by Gasteiger charge is -2.25. The quantitative estimate of drug-likeness (QED) is 0.654. The van der Waals surface area contributed by atoms with Gasteiger partial charge in [-0.05, 0) is 12.3 Å². The number of nitrogens with one attached hydrogen (secondary N) is 1. The summed E-state index contributed by atoms with van der Waals surface area (Å²) in [5, 5.41) is 3.09. The third kappa shape index (κ3) is 3.39. The molecule has 1 unspecified atom stereocenters. The summed E-state index contributed by atoms with van der Waals surface area (Å²) in [6, 6.07) is -0.0347. The molecular formula is C11H22N2O. The fourth-order valence-corrected chi connectivity index (χ4v) is 1.63. The predicted molar refractivity (Wildman–Crippen MR) is 57.8 cm³/mol. The highest BCUT2D eigenvalue weighted by Gasteiger charge is 2.33. The molecule has 82 valence electrons. The molecule has 0 bridgehead atoms. The number of ketones is 1. The summed E-state index contributed by atoms with van der Waals surface area (Å²) < 4.78 is 0. The van der Waals surface area contributed by atoms with Crippen LogP contribution in [-0.2, 0) is 4.79 Å². The minimum Gasteiger partial charge on any atom is -0.318 e. The van der Waals surface area contributed by atoms with Gasteiger partial charge in [0.15, 0.2) is 5.78 Å². The van der Waals surface area contributed by atoms with E-state index in [2.05, 4.69) is 5.32 Å². The SMILES string of the molecule is CC(C)(C)C(=O)C(CC1CC1)NCN. The average Bonchev–Trinajstić information content (AvgIpc) is 2.84. The largest absolute Gasteiger partial charge is 0.318 e. The van der Waals surface area contributed by atoms with Crippen molar-refractivity contribution in [1.29, 1.82) is 0 Å². The van der Waals surface area contributed by atoms with E-state index in [4.69, 9.17) is 5.73 Å². The molecule has 0 heterocycles. The second-order valence-electron chi connectivity index (χ2n) is 5.25. The van der Waals surface area contributed by atoms with Gasteiger partial charge >= 0.3 is 0 Å². The number of carbonyl (C=O) groups is 1. The Morgan fingerprint density at radius 1 is 1.50 bits per heavy atom. The molecule has 0 aromatic carbocycles. The van der Waals surface area contributed by atoms with Crippen LogP contribution in [0.3, 0.4) is 0 Å². The average molecular weight is 198 g/mol. The Morgan fingerprint density at radius 3 is 2.43 bits per heavy atom. The lowest BCUT2D eigenvalue weighted by Crippen LogP contribution is -2.45. The van der Waals surface area contributed by atoms with E-state index in [1.165, 1.54) is 12.8 Å². The fraction of sp³-hybridized carbons (Fsp3) is 0.909. The van der Waals surface area contributed by atoms with Gasteiger partial charge in [0, 0.05) is 12.1 Å². The van der Waals surface area contributed by atoms with Crippen molar-refractivity contribution in [3.63, 3.8) is 0 Å². The highest BCUT2D eigenvalue weighted by molar-refractivity contribution is 5.88. The van der Waals surface area contributed by atoms with E-state index in [9.17, 15) is 4.79 Å². The van der Waals surface area contributed by atoms with E-state index >= 15 is 0 Å². The third-order valence-corrected chi connectivity index (χ3v) is 2.69. The van der Waals surface area contributed by atoms with Crippen LogP contribution in [0.2, 0.25) is 0 Å². The van der Waals surface area contributed by atoms with E-state index in [0.29, 0.717) is 6.67 Å². The van der Waals surface area contributed by atoms with Gasteiger partial charge in [0.05, 0.1) is 6.04 Å². The molecule has 0 aliphatic heterocycles. The van der Waals surface area contributed by atoms with Gasteiger partial charge in [-0.1, -0.05) is 33.6 Å². The van der Waals surface area contributed by atoms with E-state index in [1.54, 1.807) is 0 Å². The standard InChI is InChI=1S/C11H22N2O/c1-11(2,3)10(14)9(13-7-12)6-8-4-5-8/h8-9,13H,4-7,12H2,1-3H3. The highest BCUT2D eigenvalue weighted by Crippen LogP contribution is 2.34. The van der Waals surface area contributed by atoms with Crippen molar-refractivity contribution in [2.75, 3.05) is 6.67 Å². The molecule has 0 spiro atoms. The van der Waals surface area contributed by atoms with Crippen molar-refractivity contribution >= 4 is 5.78 Å². The van der Waals surface area contributed by atoms with Gasteiger partial charge in [0.1, 0.15) is 0 Å². The van der Waals surface area contributed by atoms with E-state index in [1.807, 2.05) is 20.8 Å². The normalized spacial score (nSPS) is 19.4. The molecule has 0 radical (unpaired) electrons. The maximum absolute atomic E-state index is 12.0. The van der Waals surface area contributed by atoms with Gasteiger partial charge in [0.2, 0.25) is 0 Å². The molecule has 14 heavy (non-hydrogen) atoms. The van der Waals surface area contributed by atoms with E-state index in [0.717, 1.165) is 12.3 Å². The first-order valence-corrected chi connectivity index (χ1v) is 5.43. The summed E-state index contributed by atoms with van der Waals surface area (Å²) in [4.78, 5) is 12.0. The molecule has 1 aliphatic rings. The molecular weight excluding hydrogens is 176 g/mol. The van der Waals surface area contributed by atoms with Gasteiger partial charge in [-0.15, -0.1) is 0 Å². The lowest BCUT2D eigenvalue weighted by molar-refractivity contribution is -0.128. The third-order valence-electron chi connectivity index (χ3n) is 2.69. The molecule has 0 aromatic heterocycles. The van der Waals surface area contributed by atoms with Crippen molar-refractivity contribution in [3.8, 4) is 0 Å². The maximum atomic E-state index is 12.0. The number of hydrogen-bond acceptors (Lipinski definition) is 3. The van der Waals surface area contributed by atoms with Gasteiger partial charge < -0.3 is 5.73 Å². The summed E-state index contributed by atoms with van der Waals surface area (Å²) in [6.45, 7) is 6.29. The van der Waals surface area contributed by atoms with Crippen LogP contribution in [-0.4, -0.2) is 18.5 Å². The van der Waals surface area contributed by atoms with Gasteiger partial charge in [-0.3, -0.25) is 10.1 Å². The summed E-state index contributed by atoms with van der Waals surface area (Å²) in [6.07, 6.45) is 3.52. The Bertz CT molecular complexity index is 204. The topological polar surface area (TPSA) is 55.1 Å². The van der Waals surface area contributed by atoms with Crippen molar-refractivity contribution in [3.05, 3.63) is 0 Å². The second-order valence-corrected chi connectivity index (χ2v) is 5.25. The van der Waals surface area contributed by atoms with Gasteiger partial charge in [-0.25, -0.2) is 0 Å². The molecule has 3 heteroatoms. The number of nitrogens with two attached hydrogens (primary N) is 1. The monoisotopic (exact) mass is 198 g/mol. The van der Waals surface area contributed by atoms with Crippen molar-refractivity contribution in [1.82, 2.24) is 5.32 Å². The van der Waals surface area contributed by atoms with Crippen LogP contribution in [0.25, 0.3) is 0 Å². The van der Waals surface area contributed by atoms with Crippen molar-refractivity contribution in [2.45, 2.75) is 46.1 Å². The van der Waals surface area contributed by atoms with Crippen LogP contribution in [0.15, 0.2) is 0 Å². The summed E-state index contributed by atoms with van der Waals surface area (Å²) in [7, 11) is 0. The molecule has 1 rings (SSSR count). The number of carbonyl (C=O) groups excluding carboxylic acids is 1. The first-order valence-electron chi connectivity index (χ1n) is 5.43.